The van der Waals surface area contributed by atoms with Gasteiger partial charge in [0, 0.05) is 0 Å². The lowest BCUT2D eigenvalue weighted by Gasteiger charge is -2.06. The molecule has 0 aromatic carbocycles. The van der Waals surface area contributed by atoms with Crippen LogP contribution in [-0.2, 0) is 9.59 Å². The predicted molar refractivity (Wildman–Crippen MR) is 42.0 cm³/mol. The van der Waals surface area contributed by atoms with Crippen molar-refractivity contribution in [3.8, 4) is 0 Å². The molecule has 1 atom stereocenters. The van der Waals surface area contributed by atoms with Gasteiger partial charge in [-0.25, -0.2) is 0 Å². The van der Waals surface area contributed by atoms with E-state index in [0.717, 1.165) is 19.1 Å². The highest BCUT2D eigenvalue weighted by molar-refractivity contribution is 5.63. The van der Waals surface area contributed by atoms with Crippen LogP contribution in [0.4, 0.5) is 0 Å². The Bertz CT molecular complexity index is 117. The number of aldehydes is 1. The molecule has 0 saturated carbocycles. The van der Waals surface area contributed by atoms with Crippen molar-refractivity contribution in [2.45, 2.75) is 25.3 Å². The summed E-state index contributed by atoms with van der Waals surface area (Å²) in [4.78, 5) is 20.1. The molecule has 0 heterocycles. The van der Waals surface area contributed by atoms with Crippen molar-refractivity contribution < 1.29 is 9.59 Å². The molecule has 0 aliphatic rings. The Morgan fingerprint density at radius 1 is 1.36 bits per heavy atom. The number of rotatable bonds is 7. The first-order valence-corrected chi connectivity index (χ1v) is 3.70. The molecule has 0 aromatic heterocycles. The highest BCUT2D eigenvalue weighted by Crippen LogP contribution is 1.96. The SMILES string of the molecule is NCCCCC(C=O)NC=O. The van der Waals surface area contributed by atoms with Gasteiger partial charge in [0.05, 0.1) is 6.04 Å². The summed E-state index contributed by atoms with van der Waals surface area (Å²) in [6, 6.07) is -0.334. The van der Waals surface area contributed by atoms with Crippen LogP contribution in [0.15, 0.2) is 0 Å². The van der Waals surface area contributed by atoms with E-state index in [2.05, 4.69) is 5.32 Å². The second-order valence-electron chi connectivity index (χ2n) is 2.31. The Morgan fingerprint density at radius 2 is 2.09 bits per heavy atom. The van der Waals surface area contributed by atoms with Crippen molar-refractivity contribution in [2.75, 3.05) is 6.54 Å². The summed E-state index contributed by atoms with van der Waals surface area (Å²) < 4.78 is 0. The maximum absolute atomic E-state index is 10.2. The molecule has 1 unspecified atom stereocenters. The number of carbonyl (C=O) groups is 2. The van der Waals surface area contributed by atoms with Crippen molar-refractivity contribution in [3.05, 3.63) is 0 Å². The van der Waals surface area contributed by atoms with Crippen LogP contribution in [0.1, 0.15) is 19.3 Å². The fourth-order valence-electron chi connectivity index (χ4n) is 0.787. The Hall–Kier alpha value is -0.900. The summed E-state index contributed by atoms with van der Waals surface area (Å²) in [6.07, 6.45) is 3.73. The van der Waals surface area contributed by atoms with Crippen molar-refractivity contribution in [1.82, 2.24) is 5.32 Å². The maximum atomic E-state index is 10.2. The van der Waals surface area contributed by atoms with Crippen LogP contribution in [0.3, 0.4) is 0 Å². The number of hydrogen-bond acceptors (Lipinski definition) is 3. The summed E-state index contributed by atoms with van der Waals surface area (Å²) >= 11 is 0. The zero-order chi connectivity index (χ0) is 8.53. The molecule has 0 aliphatic carbocycles. The first-order chi connectivity index (χ1) is 5.35. The van der Waals surface area contributed by atoms with E-state index in [0.29, 0.717) is 19.4 Å². The molecule has 0 aliphatic heterocycles. The van der Waals surface area contributed by atoms with Crippen LogP contribution in [0.2, 0.25) is 0 Å². The van der Waals surface area contributed by atoms with Crippen LogP contribution in [-0.4, -0.2) is 25.3 Å². The molecule has 0 saturated heterocycles. The normalized spacial score (nSPS) is 12.1. The molecule has 1 amide bonds. The zero-order valence-corrected chi connectivity index (χ0v) is 6.45. The van der Waals surface area contributed by atoms with Gasteiger partial charge in [0.15, 0.2) is 0 Å². The highest BCUT2D eigenvalue weighted by atomic mass is 16.1. The summed E-state index contributed by atoms with van der Waals surface area (Å²) in [5.41, 5.74) is 5.25. The number of nitrogens with two attached hydrogens (primary N) is 1. The van der Waals surface area contributed by atoms with Crippen LogP contribution < -0.4 is 11.1 Å². The second kappa shape index (κ2) is 7.21. The van der Waals surface area contributed by atoms with Gasteiger partial charge in [0.1, 0.15) is 6.29 Å². The average Bonchev–Trinajstić information content (AvgIpc) is 2.03. The van der Waals surface area contributed by atoms with E-state index >= 15 is 0 Å². The van der Waals surface area contributed by atoms with Gasteiger partial charge in [-0.3, -0.25) is 4.79 Å². The quantitative estimate of drug-likeness (QED) is 0.385. The maximum Gasteiger partial charge on any atom is 0.207 e. The fraction of sp³-hybridized carbons (Fsp3) is 0.714. The van der Waals surface area contributed by atoms with E-state index in [-0.39, 0.29) is 6.04 Å². The van der Waals surface area contributed by atoms with Gasteiger partial charge in [0.25, 0.3) is 0 Å². The molecule has 4 heteroatoms. The van der Waals surface area contributed by atoms with E-state index in [9.17, 15) is 9.59 Å². The lowest BCUT2D eigenvalue weighted by Crippen LogP contribution is -2.29. The largest absolute Gasteiger partial charge is 0.349 e. The van der Waals surface area contributed by atoms with Crippen LogP contribution in [0, 0.1) is 0 Å². The molecule has 0 radical (unpaired) electrons. The molecule has 0 fully saturated rings. The molecule has 3 N–H and O–H groups in total. The lowest BCUT2D eigenvalue weighted by atomic mass is 10.1. The molecule has 0 spiro atoms. The van der Waals surface area contributed by atoms with Gasteiger partial charge < -0.3 is 15.8 Å². The zero-order valence-electron chi connectivity index (χ0n) is 6.45. The smallest absolute Gasteiger partial charge is 0.207 e. The van der Waals surface area contributed by atoms with Gasteiger partial charge in [0.2, 0.25) is 6.41 Å². The standard InChI is InChI=1S/C7H14N2O2/c8-4-2-1-3-7(5-10)9-6-11/h5-7H,1-4,8H2,(H,9,11). The number of hydrogen-bond donors (Lipinski definition) is 2. The van der Waals surface area contributed by atoms with Gasteiger partial charge >= 0.3 is 0 Å². The predicted octanol–water partition coefficient (Wildman–Crippen LogP) is -0.571. The highest BCUT2D eigenvalue weighted by Gasteiger charge is 2.02. The Morgan fingerprint density at radius 3 is 2.55 bits per heavy atom. The first-order valence-electron chi connectivity index (χ1n) is 3.70. The van der Waals surface area contributed by atoms with E-state index in [1.165, 1.54) is 0 Å². The number of carbonyl (C=O) groups excluding carboxylic acids is 2. The summed E-state index contributed by atoms with van der Waals surface area (Å²) in [6.45, 7) is 0.632. The number of amides is 1. The van der Waals surface area contributed by atoms with Crippen LogP contribution >= 0.6 is 0 Å². The number of nitrogens with one attached hydrogen (secondary N) is 1. The van der Waals surface area contributed by atoms with E-state index in [1.54, 1.807) is 0 Å². The van der Waals surface area contributed by atoms with Crippen molar-refractivity contribution in [2.24, 2.45) is 5.73 Å². The molecular formula is C7H14N2O2. The minimum absolute atomic E-state index is 0.334. The third kappa shape index (κ3) is 5.54. The van der Waals surface area contributed by atoms with Crippen LogP contribution in [0.5, 0.6) is 0 Å². The Kier molecular flexibility index (Phi) is 6.62. The third-order valence-electron chi connectivity index (χ3n) is 1.42. The van der Waals surface area contributed by atoms with Gasteiger partial charge in [-0.05, 0) is 25.8 Å². The summed E-state index contributed by atoms with van der Waals surface area (Å²) in [5.74, 6) is 0. The molecule has 4 nitrogen and oxygen atoms in total. The minimum atomic E-state index is -0.334. The average molecular weight is 158 g/mol. The van der Waals surface area contributed by atoms with Crippen molar-refractivity contribution in [1.29, 1.82) is 0 Å². The first kappa shape index (κ1) is 10.1. The van der Waals surface area contributed by atoms with Crippen molar-refractivity contribution >= 4 is 12.7 Å². The summed E-state index contributed by atoms with van der Waals surface area (Å²) in [7, 11) is 0. The van der Waals surface area contributed by atoms with Gasteiger partial charge in [-0.1, -0.05) is 0 Å². The van der Waals surface area contributed by atoms with E-state index < -0.39 is 0 Å². The molecule has 0 rings (SSSR count). The monoisotopic (exact) mass is 158 g/mol. The molecule has 0 aromatic rings. The second-order valence-corrected chi connectivity index (χ2v) is 2.31. The summed E-state index contributed by atoms with van der Waals surface area (Å²) in [5, 5.41) is 2.40. The van der Waals surface area contributed by atoms with Crippen molar-refractivity contribution in [3.63, 3.8) is 0 Å². The molecule has 11 heavy (non-hydrogen) atoms. The fourth-order valence-corrected chi connectivity index (χ4v) is 0.787. The lowest BCUT2D eigenvalue weighted by molar-refractivity contribution is -0.115. The third-order valence-corrected chi connectivity index (χ3v) is 1.42. The van der Waals surface area contributed by atoms with Gasteiger partial charge in [-0.2, -0.15) is 0 Å². The molecule has 0 bridgehead atoms. The molecule has 64 valence electrons. The van der Waals surface area contributed by atoms with Crippen LogP contribution in [0.25, 0.3) is 0 Å². The van der Waals surface area contributed by atoms with E-state index in [4.69, 9.17) is 5.73 Å². The Labute approximate surface area is 66.1 Å². The topological polar surface area (TPSA) is 72.2 Å². The van der Waals surface area contributed by atoms with Gasteiger partial charge in [-0.15, -0.1) is 0 Å². The van der Waals surface area contributed by atoms with E-state index in [1.807, 2.05) is 0 Å². The Balaban J connectivity index is 3.35. The minimum Gasteiger partial charge on any atom is -0.349 e. The number of unbranched alkanes of at least 4 members (excludes halogenated alkanes) is 1. The molecular weight excluding hydrogens is 144 g/mol.